The number of piperidine rings is 1. The summed E-state index contributed by atoms with van der Waals surface area (Å²) in [5.74, 6) is -0.622. The van der Waals surface area contributed by atoms with Gasteiger partial charge < -0.3 is 5.32 Å². The largest absolute Gasteiger partial charge is 0.317 e. The molecule has 6 heteroatoms. The molecule has 0 aromatic heterocycles. The van der Waals surface area contributed by atoms with E-state index in [1.165, 1.54) is 12.1 Å². The molecule has 0 atom stereocenters. The molecule has 1 fully saturated rings. The number of carbonyl (C=O) groups is 1. The molecule has 5 nitrogen and oxygen atoms in total. The van der Waals surface area contributed by atoms with E-state index < -0.39 is 15.9 Å². The van der Waals surface area contributed by atoms with Crippen molar-refractivity contribution in [1.29, 1.82) is 0 Å². The lowest BCUT2D eigenvalue weighted by atomic mass is 9.98. The van der Waals surface area contributed by atoms with Crippen molar-refractivity contribution in [3.05, 3.63) is 29.8 Å². The van der Waals surface area contributed by atoms with Crippen LogP contribution in [0, 0.1) is 12.8 Å². The highest BCUT2D eigenvalue weighted by Crippen LogP contribution is 2.14. The zero-order chi connectivity index (χ0) is 13.9. The molecule has 1 aromatic rings. The SMILES string of the molecule is Cc1ccc(S(=O)(=O)NC(=O)C2CCNCC2)cc1. The first kappa shape index (κ1) is 14.0. The average molecular weight is 282 g/mol. The quantitative estimate of drug-likeness (QED) is 0.860. The van der Waals surface area contributed by atoms with Crippen LogP contribution in [0.4, 0.5) is 0 Å². The van der Waals surface area contributed by atoms with Crippen molar-refractivity contribution in [2.75, 3.05) is 13.1 Å². The Morgan fingerprint density at radius 1 is 1.21 bits per heavy atom. The number of rotatable bonds is 3. The van der Waals surface area contributed by atoms with Crippen molar-refractivity contribution >= 4 is 15.9 Å². The standard InChI is InChI=1S/C13H18N2O3S/c1-10-2-4-12(5-3-10)19(17,18)15-13(16)11-6-8-14-9-7-11/h2-5,11,14H,6-9H2,1H3,(H,15,16). The van der Waals surface area contributed by atoms with Crippen molar-refractivity contribution in [2.24, 2.45) is 5.92 Å². The monoisotopic (exact) mass is 282 g/mol. The molecule has 1 heterocycles. The third-order valence-corrected chi connectivity index (χ3v) is 4.64. The molecule has 2 N–H and O–H groups in total. The number of hydrogen-bond donors (Lipinski definition) is 2. The van der Waals surface area contributed by atoms with E-state index in [0.717, 1.165) is 18.7 Å². The number of nitrogens with one attached hydrogen (secondary N) is 2. The minimum absolute atomic E-state index is 0.125. The van der Waals surface area contributed by atoms with E-state index in [4.69, 9.17) is 0 Å². The number of hydrogen-bond acceptors (Lipinski definition) is 4. The van der Waals surface area contributed by atoms with Crippen LogP contribution in [0.5, 0.6) is 0 Å². The Labute approximate surface area is 113 Å². The summed E-state index contributed by atoms with van der Waals surface area (Å²) in [7, 11) is -3.75. The average Bonchev–Trinajstić information content (AvgIpc) is 2.40. The molecule has 19 heavy (non-hydrogen) atoms. The van der Waals surface area contributed by atoms with Crippen LogP contribution in [0.15, 0.2) is 29.2 Å². The summed E-state index contributed by atoms with van der Waals surface area (Å²) >= 11 is 0. The van der Waals surface area contributed by atoms with Crippen LogP contribution in [0.2, 0.25) is 0 Å². The summed E-state index contributed by atoms with van der Waals surface area (Å²) in [6.07, 6.45) is 1.35. The summed E-state index contributed by atoms with van der Waals surface area (Å²) in [5, 5.41) is 3.14. The van der Waals surface area contributed by atoms with Crippen molar-refractivity contribution in [1.82, 2.24) is 10.0 Å². The summed E-state index contributed by atoms with van der Waals surface area (Å²) in [6, 6.07) is 6.44. The van der Waals surface area contributed by atoms with Gasteiger partial charge in [-0.05, 0) is 45.0 Å². The number of benzene rings is 1. The van der Waals surface area contributed by atoms with Gasteiger partial charge in [0.25, 0.3) is 10.0 Å². The normalized spacial score (nSPS) is 17.1. The second kappa shape index (κ2) is 5.71. The van der Waals surface area contributed by atoms with Crippen LogP contribution in [-0.2, 0) is 14.8 Å². The van der Waals surface area contributed by atoms with Gasteiger partial charge in [-0.15, -0.1) is 0 Å². The maximum absolute atomic E-state index is 12.0. The zero-order valence-electron chi connectivity index (χ0n) is 10.8. The number of amides is 1. The highest BCUT2D eigenvalue weighted by atomic mass is 32.2. The third-order valence-electron chi connectivity index (χ3n) is 3.28. The van der Waals surface area contributed by atoms with Gasteiger partial charge in [0.05, 0.1) is 4.90 Å². The molecule has 104 valence electrons. The minimum atomic E-state index is -3.75. The van der Waals surface area contributed by atoms with Gasteiger partial charge in [0.2, 0.25) is 5.91 Å². The number of aryl methyl sites for hydroxylation is 1. The van der Waals surface area contributed by atoms with Gasteiger partial charge in [-0.2, -0.15) is 0 Å². The molecule has 1 saturated heterocycles. The fourth-order valence-electron chi connectivity index (χ4n) is 2.08. The van der Waals surface area contributed by atoms with Gasteiger partial charge in [-0.25, -0.2) is 13.1 Å². The Kier molecular flexibility index (Phi) is 4.21. The van der Waals surface area contributed by atoms with E-state index in [1.54, 1.807) is 12.1 Å². The number of sulfonamides is 1. The van der Waals surface area contributed by atoms with Gasteiger partial charge in [-0.3, -0.25) is 4.79 Å². The molecule has 0 bridgehead atoms. The first-order chi connectivity index (χ1) is 8.99. The Bertz CT molecular complexity index is 546. The van der Waals surface area contributed by atoms with Crippen molar-refractivity contribution in [3.8, 4) is 0 Å². The Hall–Kier alpha value is -1.40. The smallest absolute Gasteiger partial charge is 0.264 e. The molecule has 1 aliphatic rings. The first-order valence-corrected chi connectivity index (χ1v) is 7.81. The van der Waals surface area contributed by atoms with Crippen LogP contribution >= 0.6 is 0 Å². The van der Waals surface area contributed by atoms with E-state index in [0.29, 0.717) is 12.8 Å². The minimum Gasteiger partial charge on any atom is -0.317 e. The van der Waals surface area contributed by atoms with Gasteiger partial charge >= 0.3 is 0 Å². The summed E-state index contributed by atoms with van der Waals surface area (Å²) in [6.45, 7) is 3.38. The second-order valence-corrected chi connectivity index (χ2v) is 6.49. The van der Waals surface area contributed by atoms with Gasteiger partial charge in [-0.1, -0.05) is 17.7 Å². The van der Waals surface area contributed by atoms with E-state index in [9.17, 15) is 13.2 Å². The van der Waals surface area contributed by atoms with Crippen LogP contribution in [0.1, 0.15) is 18.4 Å². The molecule has 1 aliphatic heterocycles. The Morgan fingerprint density at radius 2 is 1.79 bits per heavy atom. The highest BCUT2D eigenvalue weighted by molar-refractivity contribution is 7.90. The predicted octanol–water partition coefficient (Wildman–Crippen LogP) is 0.800. The van der Waals surface area contributed by atoms with Crippen LogP contribution < -0.4 is 10.0 Å². The molecular weight excluding hydrogens is 264 g/mol. The first-order valence-electron chi connectivity index (χ1n) is 6.33. The molecule has 0 saturated carbocycles. The lowest BCUT2D eigenvalue weighted by molar-refractivity contribution is -0.123. The summed E-state index contributed by atoms with van der Waals surface area (Å²) in [4.78, 5) is 12.1. The molecule has 0 spiro atoms. The van der Waals surface area contributed by atoms with Gasteiger partial charge in [0.15, 0.2) is 0 Å². The van der Waals surface area contributed by atoms with E-state index in [2.05, 4.69) is 10.0 Å². The fraction of sp³-hybridized carbons (Fsp3) is 0.462. The van der Waals surface area contributed by atoms with Crippen LogP contribution in [0.25, 0.3) is 0 Å². The lowest BCUT2D eigenvalue weighted by Crippen LogP contribution is -2.40. The summed E-state index contributed by atoms with van der Waals surface area (Å²) in [5.41, 5.74) is 0.976. The van der Waals surface area contributed by atoms with Crippen LogP contribution in [0.3, 0.4) is 0 Å². The second-order valence-electron chi connectivity index (χ2n) is 4.81. The number of carbonyl (C=O) groups excluding carboxylic acids is 1. The maximum atomic E-state index is 12.0. The predicted molar refractivity (Wildman–Crippen MR) is 72.1 cm³/mol. The molecule has 0 radical (unpaired) electrons. The van der Waals surface area contributed by atoms with E-state index in [1.807, 2.05) is 6.92 Å². The van der Waals surface area contributed by atoms with E-state index in [-0.39, 0.29) is 10.8 Å². The third kappa shape index (κ3) is 3.54. The Morgan fingerprint density at radius 3 is 2.37 bits per heavy atom. The van der Waals surface area contributed by atoms with Crippen molar-refractivity contribution in [2.45, 2.75) is 24.7 Å². The molecule has 0 aliphatic carbocycles. The zero-order valence-corrected chi connectivity index (χ0v) is 11.7. The molecule has 0 unspecified atom stereocenters. The fourth-order valence-corrected chi connectivity index (χ4v) is 3.12. The van der Waals surface area contributed by atoms with Crippen molar-refractivity contribution in [3.63, 3.8) is 0 Å². The molecular formula is C13H18N2O3S. The maximum Gasteiger partial charge on any atom is 0.264 e. The molecule has 1 aromatic carbocycles. The summed E-state index contributed by atoms with van der Waals surface area (Å²) < 4.78 is 26.3. The highest BCUT2D eigenvalue weighted by Gasteiger charge is 2.25. The lowest BCUT2D eigenvalue weighted by Gasteiger charge is -2.21. The molecule has 2 rings (SSSR count). The Balaban J connectivity index is 2.08. The van der Waals surface area contributed by atoms with Gasteiger partial charge in [0.1, 0.15) is 0 Å². The topological polar surface area (TPSA) is 75.3 Å². The van der Waals surface area contributed by atoms with Gasteiger partial charge in [0, 0.05) is 5.92 Å². The molecule has 1 amide bonds. The van der Waals surface area contributed by atoms with Crippen LogP contribution in [-0.4, -0.2) is 27.4 Å². The van der Waals surface area contributed by atoms with Crippen molar-refractivity contribution < 1.29 is 13.2 Å². The van der Waals surface area contributed by atoms with E-state index >= 15 is 0 Å².